The highest BCUT2D eigenvalue weighted by Crippen LogP contribution is 2.23. The van der Waals surface area contributed by atoms with E-state index in [2.05, 4.69) is 36.2 Å². The zero-order chi connectivity index (χ0) is 16.2. The van der Waals surface area contributed by atoms with Crippen molar-refractivity contribution in [3.05, 3.63) is 35.9 Å². The van der Waals surface area contributed by atoms with Crippen LogP contribution in [0.2, 0.25) is 0 Å². The Morgan fingerprint density at radius 3 is 2.45 bits per heavy atom. The topological polar surface area (TPSA) is 49.6 Å². The smallest absolute Gasteiger partial charge is 0.229 e. The Bertz CT molecular complexity index is 478. The third-order valence-electron chi connectivity index (χ3n) is 4.37. The monoisotopic (exact) mass is 303 g/mol. The predicted molar refractivity (Wildman–Crippen MR) is 90.3 cm³/mol. The molecule has 4 nitrogen and oxygen atoms in total. The van der Waals surface area contributed by atoms with Gasteiger partial charge in [0.25, 0.3) is 0 Å². The van der Waals surface area contributed by atoms with E-state index < -0.39 is 0 Å². The third kappa shape index (κ3) is 4.55. The first kappa shape index (κ1) is 17.0. The van der Waals surface area contributed by atoms with Crippen molar-refractivity contribution in [2.45, 2.75) is 39.3 Å². The van der Waals surface area contributed by atoms with E-state index in [4.69, 9.17) is 5.73 Å². The number of carbonyl (C=O) groups is 1. The van der Waals surface area contributed by atoms with E-state index in [9.17, 15) is 4.79 Å². The van der Waals surface area contributed by atoms with Gasteiger partial charge in [0.2, 0.25) is 5.91 Å². The number of amides is 1. The van der Waals surface area contributed by atoms with Crippen molar-refractivity contribution in [3.63, 3.8) is 0 Å². The molecule has 0 saturated carbocycles. The van der Waals surface area contributed by atoms with Gasteiger partial charge in [0.1, 0.15) is 0 Å². The van der Waals surface area contributed by atoms with Crippen LogP contribution in [0.25, 0.3) is 0 Å². The lowest BCUT2D eigenvalue weighted by atomic mass is 9.89. The minimum Gasteiger partial charge on any atom is -0.342 e. The maximum Gasteiger partial charge on any atom is 0.229 e. The largest absolute Gasteiger partial charge is 0.342 e. The molecule has 1 aliphatic rings. The number of carbonyl (C=O) groups excluding carboxylic acids is 1. The van der Waals surface area contributed by atoms with Crippen LogP contribution in [0.5, 0.6) is 0 Å². The minimum atomic E-state index is -0.370. The van der Waals surface area contributed by atoms with E-state index in [1.165, 1.54) is 5.56 Å². The van der Waals surface area contributed by atoms with Crippen LogP contribution in [-0.4, -0.2) is 48.4 Å². The second-order valence-corrected chi connectivity index (χ2v) is 7.17. The van der Waals surface area contributed by atoms with Crippen LogP contribution >= 0.6 is 0 Å². The van der Waals surface area contributed by atoms with Gasteiger partial charge in [-0.3, -0.25) is 4.79 Å². The van der Waals surface area contributed by atoms with Gasteiger partial charge >= 0.3 is 0 Å². The molecule has 1 heterocycles. The first-order chi connectivity index (χ1) is 10.4. The van der Waals surface area contributed by atoms with Crippen molar-refractivity contribution in [1.82, 2.24) is 9.80 Å². The summed E-state index contributed by atoms with van der Waals surface area (Å²) in [5, 5.41) is 0. The summed E-state index contributed by atoms with van der Waals surface area (Å²) in [6.07, 6.45) is 1.84. The number of piperidine rings is 1. The number of benzene rings is 1. The molecule has 0 aliphatic carbocycles. The van der Waals surface area contributed by atoms with Crippen LogP contribution in [0.15, 0.2) is 30.3 Å². The molecule has 0 radical (unpaired) electrons. The molecule has 0 aromatic heterocycles. The van der Waals surface area contributed by atoms with Gasteiger partial charge in [0.05, 0.1) is 5.41 Å². The van der Waals surface area contributed by atoms with Crippen LogP contribution in [0, 0.1) is 5.41 Å². The lowest BCUT2D eigenvalue weighted by Gasteiger charge is -2.37. The molecule has 1 aromatic rings. The second kappa shape index (κ2) is 7.25. The lowest BCUT2D eigenvalue weighted by Crippen LogP contribution is -2.50. The number of rotatable bonds is 5. The highest BCUT2D eigenvalue weighted by molar-refractivity contribution is 5.82. The van der Waals surface area contributed by atoms with E-state index in [0.717, 1.165) is 39.0 Å². The van der Waals surface area contributed by atoms with Crippen molar-refractivity contribution in [3.8, 4) is 0 Å². The Labute approximate surface area is 134 Å². The maximum absolute atomic E-state index is 12.8. The van der Waals surface area contributed by atoms with Crippen molar-refractivity contribution < 1.29 is 4.79 Å². The molecule has 0 bridgehead atoms. The van der Waals surface area contributed by atoms with Gasteiger partial charge in [-0.25, -0.2) is 0 Å². The van der Waals surface area contributed by atoms with Gasteiger partial charge in [-0.05, 0) is 39.3 Å². The quantitative estimate of drug-likeness (QED) is 0.906. The molecule has 0 spiro atoms. The van der Waals surface area contributed by atoms with Gasteiger partial charge in [0.15, 0.2) is 0 Å². The Kier molecular flexibility index (Phi) is 5.59. The zero-order valence-electron chi connectivity index (χ0n) is 14.1. The first-order valence-corrected chi connectivity index (χ1v) is 8.16. The fourth-order valence-corrected chi connectivity index (χ4v) is 3.22. The summed E-state index contributed by atoms with van der Waals surface area (Å²) in [5.74, 6) is 0.249. The molecule has 1 fully saturated rings. The molecule has 0 unspecified atom stereocenters. The summed E-state index contributed by atoms with van der Waals surface area (Å²) >= 11 is 0. The Morgan fingerprint density at radius 2 is 1.86 bits per heavy atom. The van der Waals surface area contributed by atoms with Gasteiger partial charge in [-0.15, -0.1) is 0 Å². The van der Waals surface area contributed by atoms with Crippen molar-refractivity contribution >= 4 is 5.91 Å². The van der Waals surface area contributed by atoms with Gasteiger partial charge in [0, 0.05) is 32.2 Å². The molecule has 1 amide bonds. The van der Waals surface area contributed by atoms with E-state index in [1.54, 1.807) is 0 Å². The van der Waals surface area contributed by atoms with Gasteiger partial charge < -0.3 is 15.5 Å². The number of likely N-dealkylation sites (tertiary alicyclic amines) is 1. The Hall–Kier alpha value is -1.39. The lowest BCUT2D eigenvalue weighted by molar-refractivity contribution is -0.142. The molecular weight excluding hydrogens is 274 g/mol. The second-order valence-electron chi connectivity index (χ2n) is 7.17. The molecule has 2 rings (SSSR count). The van der Waals surface area contributed by atoms with Gasteiger partial charge in [-0.2, -0.15) is 0 Å². The molecule has 122 valence electrons. The van der Waals surface area contributed by atoms with Crippen LogP contribution in [0.3, 0.4) is 0 Å². The molecular formula is C18H29N3O. The van der Waals surface area contributed by atoms with Crippen molar-refractivity contribution in [2.24, 2.45) is 11.1 Å². The van der Waals surface area contributed by atoms with E-state index in [1.807, 2.05) is 24.8 Å². The molecule has 1 aliphatic heterocycles. The van der Waals surface area contributed by atoms with E-state index in [-0.39, 0.29) is 17.4 Å². The normalized spacial score (nSPS) is 17.0. The van der Waals surface area contributed by atoms with Crippen LogP contribution < -0.4 is 5.73 Å². The molecule has 22 heavy (non-hydrogen) atoms. The molecule has 1 aromatic carbocycles. The van der Waals surface area contributed by atoms with Crippen LogP contribution in [0.4, 0.5) is 0 Å². The summed E-state index contributed by atoms with van der Waals surface area (Å²) < 4.78 is 0. The summed E-state index contributed by atoms with van der Waals surface area (Å²) in [6, 6.07) is 10.6. The summed E-state index contributed by atoms with van der Waals surface area (Å²) in [5.41, 5.74) is 6.83. The molecule has 2 N–H and O–H groups in total. The van der Waals surface area contributed by atoms with E-state index >= 15 is 0 Å². The number of nitrogens with zero attached hydrogens (tertiary/aromatic N) is 2. The third-order valence-corrected chi connectivity index (χ3v) is 4.37. The van der Waals surface area contributed by atoms with Crippen LogP contribution in [-0.2, 0) is 11.3 Å². The summed E-state index contributed by atoms with van der Waals surface area (Å²) in [6.45, 7) is 7.31. The van der Waals surface area contributed by atoms with Gasteiger partial charge in [-0.1, -0.05) is 30.3 Å². The average molecular weight is 303 g/mol. The maximum atomic E-state index is 12.8. The summed E-state index contributed by atoms with van der Waals surface area (Å²) in [4.78, 5) is 17.0. The van der Waals surface area contributed by atoms with Crippen molar-refractivity contribution in [1.29, 1.82) is 0 Å². The first-order valence-electron chi connectivity index (χ1n) is 8.16. The fourth-order valence-electron chi connectivity index (χ4n) is 3.22. The highest BCUT2D eigenvalue weighted by atomic mass is 16.2. The molecule has 0 atom stereocenters. The fraction of sp³-hybridized carbons (Fsp3) is 0.611. The zero-order valence-corrected chi connectivity index (χ0v) is 14.1. The number of hydrogen-bond donors (Lipinski definition) is 1. The van der Waals surface area contributed by atoms with Crippen LogP contribution in [0.1, 0.15) is 32.3 Å². The minimum absolute atomic E-state index is 0.249. The predicted octanol–water partition coefficient (Wildman–Crippen LogP) is 2.09. The SMILES string of the molecule is CN(Cc1ccccc1)CC(C)(C)C(=O)N1CCC(N)CC1. The standard InChI is InChI=1S/C18H29N3O/c1-18(2,17(22)21-11-9-16(19)10-12-21)14-20(3)13-15-7-5-4-6-8-15/h4-8,16H,9-14,19H2,1-3H3. The molecule has 1 saturated heterocycles. The van der Waals surface area contributed by atoms with Crippen molar-refractivity contribution in [2.75, 3.05) is 26.7 Å². The Balaban J connectivity index is 1.90. The number of nitrogens with two attached hydrogens (primary N) is 1. The highest BCUT2D eigenvalue weighted by Gasteiger charge is 2.34. The summed E-state index contributed by atoms with van der Waals surface area (Å²) in [7, 11) is 2.08. The van der Waals surface area contributed by atoms with E-state index in [0.29, 0.717) is 0 Å². The average Bonchev–Trinajstić information content (AvgIpc) is 2.47. The molecule has 4 heteroatoms. The number of hydrogen-bond acceptors (Lipinski definition) is 3. The Morgan fingerprint density at radius 1 is 1.27 bits per heavy atom.